The van der Waals surface area contributed by atoms with Gasteiger partial charge in [0.25, 0.3) is 0 Å². The van der Waals surface area contributed by atoms with E-state index in [0.717, 1.165) is 21.1 Å². The Balaban J connectivity index is 2.56. The molecule has 80 valence electrons. The van der Waals surface area contributed by atoms with E-state index in [9.17, 15) is 5.11 Å². The molecule has 1 atom stereocenters. The summed E-state index contributed by atoms with van der Waals surface area (Å²) in [4.78, 5) is 3.21. The zero-order valence-electron chi connectivity index (χ0n) is 8.42. The van der Waals surface area contributed by atoms with Crippen LogP contribution in [0.2, 0.25) is 0 Å². The summed E-state index contributed by atoms with van der Waals surface area (Å²) in [5, 5.41) is 10.3. The van der Waals surface area contributed by atoms with Crippen molar-refractivity contribution >= 4 is 26.8 Å². The number of halogens is 1. The highest BCUT2D eigenvalue weighted by Gasteiger charge is 2.21. The maximum Gasteiger partial charge on any atom is 0.0767 e. The van der Waals surface area contributed by atoms with Gasteiger partial charge in [0, 0.05) is 21.1 Å². The standard InChI is InChI=1S/C11H13BrN2O/c1-11(13,6-15)10-5-7-4-8(12)2-3-9(7)14-10/h2-5,14-15H,6,13H2,1H3. The van der Waals surface area contributed by atoms with E-state index < -0.39 is 5.54 Å². The predicted octanol–water partition coefficient (Wildman–Crippen LogP) is 2.10. The van der Waals surface area contributed by atoms with Gasteiger partial charge in [-0.05, 0) is 31.2 Å². The lowest BCUT2D eigenvalue weighted by Crippen LogP contribution is -2.37. The molecule has 0 spiro atoms. The van der Waals surface area contributed by atoms with Gasteiger partial charge in [0.15, 0.2) is 0 Å². The van der Waals surface area contributed by atoms with Crippen LogP contribution in [0.4, 0.5) is 0 Å². The lowest BCUT2D eigenvalue weighted by atomic mass is 10.0. The van der Waals surface area contributed by atoms with Crippen molar-refractivity contribution in [3.05, 3.63) is 34.4 Å². The molecule has 0 aliphatic rings. The summed E-state index contributed by atoms with van der Waals surface area (Å²) >= 11 is 3.41. The first-order chi connectivity index (χ1) is 7.03. The van der Waals surface area contributed by atoms with Gasteiger partial charge in [-0.3, -0.25) is 0 Å². The van der Waals surface area contributed by atoms with E-state index >= 15 is 0 Å². The molecule has 1 unspecified atom stereocenters. The molecule has 4 N–H and O–H groups in total. The molecule has 2 aromatic rings. The summed E-state index contributed by atoms with van der Waals surface area (Å²) in [6, 6.07) is 7.94. The van der Waals surface area contributed by atoms with Crippen molar-refractivity contribution in [1.82, 2.24) is 4.98 Å². The predicted molar refractivity (Wildman–Crippen MR) is 64.6 cm³/mol. The van der Waals surface area contributed by atoms with Crippen molar-refractivity contribution in [2.24, 2.45) is 5.73 Å². The number of aromatic amines is 1. The number of fused-ring (bicyclic) bond motifs is 1. The van der Waals surface area contributed by atoms with E-state index in [0.29, 0.717) is 0 Å². The second kappa shape index (κ2) is 3.63. The van der Waals surface area contributed by atoms with E-state index in [-0.39, 0.29) is 6.61 Å². The molecule has 0 aliphatic carbocycles. The van der Waals surface area contributed by atoms with Crippen LogP contribution in [0.1, 0.15) is 12.6 Å². The number of H-pyrrole nitrogens is 1. The number of benzene rings is 1. The van der Waals surface area contributed by atoms with Crippen molar-refractivity contribution in [2.75, 3.05) is 6.61 Å². The zero-order chi connectivity index (χ0) is 11.1. The Kier molecular flexibility index (Phi) is 2.58. The van der Waals surface area contributed by atoms with E-state index in [2.05, 4.69) is 20.9 Å². The number of rotatable bonds is 2. The van der Waals surface area contributed by atoms with Crippen molar-refractivity contribution < 1.29 is 5.11 Å². The normalized spacial score (nSPS) is 15.5. The number of aliphatic hydroxyl groups excluding tert-OH is 1. The maximum atomic E-state index is 9.17. The van der Waals surface area contributed by atoms with Gasteiger partial charge in [-0.25, -0.2) is 0 Å². The van der Waals surface area contributed by atoms with E-state index in [1.54, 1.807) is 6.92 Å². The van der Waals surface area contributed by atoms with Crippen LogP contribution in [0.15, 0.2) is 28.7 Å². The van der Waals surface area contributed by atoms with Gasteiger partial charge < -0.3 is 15.8 Å². The van der Waals surface area contributed by atoms with Crippen LogP contribution >= 0.6 is 15.9 Å². The fourth-order valence-corrected chi connectivity index (χ4v) is 1.88. The molecule has 0 saturated carbocycles. The summed E-state index contributed by atoms with van der Waals surface area (Å²) in [7, 11) is 0. The first-order valence-corrected chi connectivity index (χ1v) is 5.51. The number of aliphatic hydroxyl groups is 1. The summed E-state index contributed by atoms with van der Waals surface area (Å²) in [6.07, 6.45) is 0. The molecule has 1 heterocycles. The van der Waals surface area contributed by atoms with Gasteiger partial charge >= 0.3 is 0 Å². The van der Waals surface area contributed by atoms with Crippen LogP contribution in [0.3, 0.4) is 0 Å². The van der Waals surface area contributed by atoms with E-state index in [1.807, 2.05) is 24.3 Å². The lowest BCUT2D eigenvalue weighted by Gasteiger charge is -2.19. The molecule has 1 aromatic heterocycles. The minimum atomic E-state index is -0.717. The molecule has 0 bridgehead atoms. The third-order valence-corrected chi connectivity index (χ3v) is 3.02. The van der Waals surface area contributed by atoms with Gasteiger partial charge in [-0.1, -0.05) is 15.9 Å². The molecule has 0 fully saturated rings. The van der Waals surface area contributed by atoms with Crippen molar-refractivity contribution in [2.45, 2.75) is 12.5 Å². The highest BCUT2D eigenvalue weighted by molar-refractivity contribution is 9.10. The molecule has 0 radical (unpaired) electrons. The summed E-state index contributed by atoms with van der Waals surface area (Å²) in [5.41, 5.74) is 7.10. The lowest BCUT2D eigenvalue weighted by molar-refractivity contribution is 0.207. The third-order valence-electron chi connectivity index (χ3n) is 2.53. The molecule has 2 rings (SSSR count). The summed E-state index contributed by atoms with van der Waals surface area (Å²) in [5.74, 6) is 0. The Morgan fingerprint density at radius 3 is 2.87 bits per heavy atom. The molecular weight excluding hydrogens is 256 g/mol. The topological polar surface area (TPSA) is 62.0 Å². The van der Waals surface area contributed by atoms with Crippen molar-refractivity contribution in [1.29, 1.82) is 0 Å². The molecular formula is C11H13BrN2O. The summed E-state index contributed by atoms with van der Waals surface area (Å²) in [6.45, 7) is 1.72. The Morgan fingerprint density at radius 2 is 2.20 bits per heavy atom. The summed E-state index contributed by atoms with van der Waals surface area (Å²) < 4.78 is 1.03. The minimum Gasteiger partial charge on any atom is -0.394 e. The second-order valence-corrected chi connectivity index (χ2v) is 4.91. The number of hydrogen-bond acceptors (Lipinski definition) is 2. The fraction of sp³-hybridized carbons (Fsp3) is 0.273. The van der Waals surface area contributed by atoms with Gasteiger partial charge in [0.1, 0.15) is 0 Å². The Labute approximate surface area is 96.4 Å². The van der Waals surface area contributed by atoms with Crippen LogP contribution in [-0.2, 0) is 5.54 Å². The Hall–Kier alpha value is -0.840. The van der Waals surface area contributed by atoms with Crippen LogP contribution in [0.5, 0.6) is 0 Å². The molecule has 1 aromatic carbocycles. The Morgan fingerprint density at radius 1 is 1.47 bits per heavy atom. The van der Waals surface area contributed by atoms with E-state index in [4.69, 9.17) is 5.73 Å². The zero-order valence-corrected chi connectivity index (χ0v) is 10.0. The van der Waals surface area contributed by atoms with Gasteiger partial charge in [0.05, 0.1) is 12.1 Å². The third kappa shape index (κ3) is 1.93. The monoisotopic (exact) mass is 268 g/mol. The SMILES string of the molecule is CC(N)(CO)c1cc2cc(Br)ccc2[nH]1. The average molecular weight is 269 g/mol. The molecule has 0 saturated heterocycles. The number of nitrogens with one attached hydrogen (secondary N) is 1. The highest BCUT2D eigenvalue weighted by atomic mass is 79.9. The van der Waals surface area contributed by atoms with Crippen LogP contribution in [0.25, 0.3) is 10.9 Å². The van der Waals surface area contributed by atoms with Crippen molar-refractivity contribution in [3.8, 4) is 0 Å². The molecule has 0 amide bonds. The van der Waals surface area contributed by atoms with Gasteiger partial charge in [-0.15, -0.1) is 0 Å². The number of hydrogen-bond donors (Lipinski definition) is 3. The molecule has 0 aliphatic heterocycles. The second-order valence-electron chi connectivity index (χ2n) is 3.99. The Bertz CT molecular complexity index is 490. The molecule has 3 nitrogen and oxygen atoms in total. The average Bonchev–Trinajstić information content (AvgIpc) is 2.61. The first kappa shape index (κ1) is 10.7. The van der Waals surface area contributed by atoms with Crippen LogP contribution in [0, 0.1) is 0 Å². The molecule has 15 heavy (non-hydrogen) atoms. The number of nitrogens with two attached hydrogens (primary N) is 1. The fourth-order valence-electron chi connectivity index (χ4n) is 1.50. The minimum absolute atomic E-state index is 0.0823. The van der Waals surface area contributed by atoms with Crippen molar-refractivity contribution in [3.63, 3.8) is 0 Å². The first-order valence-electron chi connectivity index (χ1n) is 4.71. The van der Waals surface area contributed by atoms with Crippen LogP contribution < -0.4 is 5.73 Å². The van der Waals surface area contributed by atoms with Gasteiger partial charge in [-0.2, -0.15) is 0 Å². The largest absolute Gasteiger partial charge is 0.394 e. The smallest absolute Gasteiger partial charge is 0.0767 e. The van der Waals surface area contributed by atoms with E-state index in [1.165, 1.54) is 0 Å². The highest BCUT2D eigenvalue weighted by Crippen LogP contribution is 2.24. The van der Waals surface area contributed by atoms with Gasteiger partial charge in [0.2, 0.25) is 0 Å². The quantitative estimate of drug-likeness (QED) is 0.781. The molecule has 4 heteroatoms. The van der Waals surface area contributed by atoms with Crippen LogP contribution in [-0.4, -0.2) is 16.7 Å². The number of aromatic nitrogens is 1. The maximum absolute atomic E-state index is 9.17.